The normalized spacial score (nSPS) is 11.0. The van der Waals surface area contributed by atoms with Gasteiger partial charge in [-0.2, -0.15) is 0 Å². The Morgan fingerprint density at radius 3 is 0.891 bits per heavy atom. The third kappa shape index (κ3) is 44.9. The number of likely N-dealkylation sites (N-methyl/N-ethyl adjacent to an activating group) is 2. The number of unbranched alkanes of at least 4 members (excludes halogenated alkanes) is 14. The van der Waals surface area contributed by atoms with Crippen LogP contribution in [0.2, 0.25) is 0 Å². The lowest BCUT2D eigenvalue weighted by Gasteiger charge is -2.31. The summed E-state index contributed by atoms with van der Waals surface area (Å²) in [6, 6.07) is 0. The van der Waals surface area contributed by atoms with Gasteiger partial charge in [0.2, 0.25) is 0 Å². The van der Waals surface area contributed by atoms with Crippen LogP contribution in [0.5, 0.6) is 0 Å². The van der Waals surface area contributed by atoms with E-state index in [1.807, 2.05) is 0 Å². The molecule has 0 aliphatic heterocycles. The molecule has 0 aromatic heterocycles. The van der Waals surface area contributed by atoms with E-state index in [-0.39, 0.29) is 12.8 Å². The summed E-state index contributed by atoms with van der Waals surface area (Å²) in [5.41, 5.74) is 0. The molecule has 0 aliphatic rings. The first-order chi connectivity index (χ1) is 21.9. The molecule has 0 amide bonds. The zero-order chi connectivity index (χ0) is 36.0. The van der Waals surface area contributed by atoms with Crippen LogP contribution in [0.1, 0.15) is 157 Å². The van der Waals surface area contributed by atoms with Crippen molar-refractivity contribution in [3.05, 3.63) is 0 Å². The van der Waals surface area contributed by atoms with Crippen molar-refractivity contribution in [3.8, 4) is 0 Å². The molecule has 8 heteroatoms. The Morgan fingerprint density at radius 2 is 0.696 bits per heavy atom. The minimum Gasteiger partial charge on any atom is -0.550 e. The molecular formula is C38H82N2O6. The highest BCUT2D eigenvalue weighted by molar-refractivity contribution is 5.64. The fraction of sp³-hybridized carbons (Fsp3) is 0.947. The molecule has 8 nitrogen and oxygen atoms in total. The van der Waals surface area contributed by atoms with Crippen molar-refractivity contribution in [2.24, 2.45) is 0 Å². The van der Waals surface area contributed by atoms with Gasteiger partial charge in [-0.3, -0.25) is 0 Å². The van der Waals surface area contributed by atoms with E-state index in [4.69, 9.17) is 9.47 Å². The molecule has 0 spiro atoms. The van der Waals surface area contributed by atoms with Gasteiger partial charge in [0.25, 0.3) is 0 Å². The summed E-state index contributed by atoms with van der Waals surface area (Å²) in [6.45, 7) is 22.1. The van der Waals surface area contributed by atoms with Crippen molar-refractivity contribution < 1.29 is 38.2 Å². The first-order valence-corrected chi connectivity index (χ1v) is 19.0. The third-order valence-electron chi connectivity index (χ3n) is 9.19. The fourth-order valence-corrected chi connectivity index (χ4v) is 4.51. The summed E-state index contributed by atoms with van der Waals surface area (Å²) in [5, 5.41) is 20.1. The molecule has 0 aliphatic carbocycles. The maximum Gasteiger partial charge on any atom is 0.102 e. The second-order valence-corrected chi connectivity index (χ2v) is 13.1. The number of ether oxygens (including phenoxy) is 2. The zero-order valence-electron chi connectivity index (χ0n) is 32.7. The summed E-state index contributed by atoms with van der Waals surface area (Å²) in [7, 11) is 8.04. The molecule has 0 rings (SSSR count). The monoisotopic (exact) mass is 663 g/mol. The van der Waals surface area contributed by atoms with Crippen molar-refractivity contribution in [1.29, 1.82) is 0 Å². The molecular weight excluding hydrogens is 580 g/mol. The first kappa shape index (κ1) is 51.6. The van der Waals surface area contributed by atoms with Gasteiger partial charge in [0.15, 0.2) is 0 Å². The number of rotatable bonds is 28. The van der Waals surface area contributed by atoms with Crippen LogP contribution in [0.25, 0.3) is 0 Å². The van der Waals surface area contributed by atoms with Crippen molar-refractivity contribution in [1.82, 2.24) is 0 Å². The van der Waals surface area contributed by atoms with E-state index in [0.717, 1.165) is 61.0 Å². The number of carbonyl (C=O) groups excluding carboxylic acids is 2. The van der Waals surface area contributed by atoms with E-state index in [1.54, 1.807) is 14.2 Å². The van der Waals surface area contributed by atoms with Gasteiger partial charge in [0.05, 0.1) is 53.5 Å². The van der Waals surface area contributed by atoms with E-state index < -0.39 is 11.9 Å². The smallest absolute Gasteiger partial charge is 0.102 e. The number of methoxy groups -OCH3 is 2. The van der Waals surface area contributed by atoms with E-state index >= 15 is 0 Å². The first-order valence-electron chi connectivity index (χ1n) is 19.0. The Hall–Kier alpha value is -1.22. The highest BCUT2D eigenvalue weighted by Gasteiger charge is 2.15. The molecule has 0 atom stereocenters. The third-order valence-corrected chi connectivity index (χ3v) is 9.19. The summed E-state index contributed by atoms with van der Waals surface area (Å²) < 4.78 is 12.3. The van der Waals surface area contributed by atoms with Gasteiger partial charge in [-0.15, -0.1) is 0 Å². The van der Waals surface area contributed by atoms with E-state index in [9.17, 15) is 19.8 Å². The number of aliphatic carboxylic acids is 2. The lowest BCUT2D eigenvalue weighted by Crippen LogP contribution is -2.45. The Balaban J connectivity index is -0.000000258. The van der Waals surface area contributed by atoms with Crippen LogP contribution >= 0.6 is 0 Å². The van der Waals surface area contributed by atoms with Crippen LogP contribution in [-0.4, -0.2) is 102 Å². The maximum atomic E-state index is 10.1. The quantitative estimate of drug-likeness (QED) is 0.0677. The molecule has 280 valence electrons. The van der Waals surface area contributed by atoms with Crippen LogP contribution in [0.4, 0.5) is 0 Å². The molecule has 0 N–H and O–H groups in total. The summed E-state index contributed by atoms with van der Waals surface area (Å²) >= 11 is 0. The lowest BCUT2D eigenvalue weighted by atomic mass is 10.1. The zero-order valence-corrected chi connectivity index (χ0v) is 32.7. The topological polar surface area (TPSA) is 98.7 Å². The largest absolute Gasteiger partial charge is 0.550 e. The number of hydrogen-bond acceptors (Lipinski definition) is 6. The van der Waals surface area contributed by atoms with E-state index in [0.29, 0.717) is 0 Å². The van der Waals surface area contributed by atoms with Crippen molar-refractivity contribution in [2.75, 3.05) is 80.8 Å². The summed E-state index contributed by atoms with van der Waals surface area (Å²) in [5.74, 6) is -1.82. The van der Waals surface area contributed by atoms with Crippen LogP contribution in [0.3, 0.4) is 0 Å². The minimum absolute atomic E-state index is 0.230. The summed E-state index contributed by atoms with van der Waals surface area (Å²) in [6.07, 6.45) is 19.5. The standard InChI is InChI=1S/C12H24O2.C10H20O2.2C8H20NO/c1-2-3-4-5-6-7-8-9-10-11-12(13)14;1-2-3-4-5-6-7-8-9-10(11)12;2*1-5-9(3,6-2)7-8-10-4/h2-11H2,1H3,(H,13,14);2-9H2,1H3,(H,11,12);2*5-8H2,1-4H3/q;;2*+1/p-2. The van der Waals surface area contributed by atoms with Crippen LogP contribution < -0.4 is 10.2 Å². The highest BCUT2D eigenvalue weighted by Crippen LogP contribution is 2.10. The second-order valence-electron chi connectivity index (χ2n) is 13.1. The predicted octanol–water partition coefficient (Wildman–Crippen LogP) is 6.77. The van der Waals surface area contributed by atoms with E-state index in [2.05, 4.69) is 55.6 Å². The number of hydrogen-bond donors (Lipinski definition) is 0. The predicted molar refractivity (Wildman–Crippen MR) is 192 cm³/mol. The molecule has 0 fully saturated rings. The van der Waals surface area contributed by atoms with Gasteiger partial charge in [-0.1, -0.05) is 104 Å². The molecule has 0 unspecified atom stereocenters. The molecule has 0 aromatic carbocycles. The molecule has 46 heavy (non-hydrogen) atoms. The van der Waals surface area contributed by atoms with Crippen molar-refractivity contribution >= 4 is 11.9 Å². The number of carbonyl (C=O) groups is 2. The number of carboxylic acids is 2. The molecule has 0 saturated carbocycles. The van der Waals surface area contributed by atoms with Crippen LogP contribution in [-0.2, 0) is 19.1 Å². The van der Waals surface area contributed by atoms with Gasteiger partial charge in [-0.05, 0) is 53.4 Å². The van der Waals surface area contributed by atoms with Gasteiger partial charge in [0, 0.05) is 26.2 Å². The average molecular weight is 663 g/mol. The van der Waals surface area contributed by atoms with Gasteiger partial charge in [0.1, 0.15) is 13.1 Å². The van der Waals surface area contributed by atoms with Crippen LogP contribution in [0.15, 0.2) is 0 Å². The molecule has 0 bridgehead atoms. The Labute approximate surface area is 287 Å². The lowest BCUT2D eigenvalue weighted by molar-refractivity contribution is -0.906. The van der Waals surface area contributed by atoms with Crippen molar-refractivity contribution in [2.45, 2.75) is 157 Å². The van der Waals surface area contributed by atoms with E-state index in [1.165, 1.54) is 103 Å². The molecule has 0 aromatic rings. The number of nitrogens with zero attached hydrogens (tertiary/aromatic N) is 2. The van der Waals surface area contributed by atoms with Gasteiger partial charge < -0.3 is 38.2 Å². The SMILES string of the molecule is CCCCCCCCCC(=O)[O-].CCCCCCCCCCCC(=O)[O-].CC[N+](C)(CC)CCOC.CC[N+](C)(CC)CCOC. The average Bonchev–Trinajstić information content (AvgIpc) is 3.05. The number of carboxylic acid groups (broad SMARTS) is 2. The number of quaternary nitrogens is 2. The van der Waals surface area contributed by atoms with Crippen LogP contribution in [0, 0.1) is 0 Å². The Morgan fingerprint density at radius 1 is 0.457 bits per heavy atom. The van der Waals surface area contributed by atoms with Gasteiger partial charge in [-0.25, -0.2) is 0 Å². The minimum atomic E-state index is -0.913. The van der Waals surface area contributed by atoms with Gasteiger partial charge >= 0.3 is 0 Å². The maximum absolute atomic E-state index is 10.1. The Bertz CT molecular complexity index is 588. The van der Waals surface area contributed by atoms with Crippen molar-refractivity contribution in [3.63, 3.8) is 0 Å². The second kappa shape index (κ2) is 40.0. The highest BCUT2D eigenvalue weighted by atomic mass is 16.5. The fourth-order valence-electron chi connectivity index (χ4n) is 4.51. The summed E-state index contributed by atoms with van der Waals surface area (Å²) in [4.78, 5) is 20.1. The molecule has 0 heterocycles. The molecule has 0 radical (unpaired) electrons. The Kier molecular flexibility index (Phi) is 44.8. The molecule has 0 saturated heterocycles.